The van der Waals surface area contributed by atoms with Crippen LogP contribution >= 0.6 is 0 Å². The number of benzene rings is 1. The Morgan fingerprint density at radius 3 is 2.06 bits per heavy atom. The van der Waals surface area contributed by atoms with E-state index >= 15 is 0 Å². The average molecular weight is 232 g/mol. The van der Waals surface area contributed by atoms with Gasteiger partial charge in [-0.25, -0.2) is 0 Å². The summed E-state index contributed by atoms with van der Waals surface area (Å²) in [5.74, 6) is 0. The van der Waals surface area contributed by atoms with Crippen molar-refractivity contribution in [2.75, 3.05) is 18.0 Å². The van der Waals surface area contributed by atoms with Gasteiger partial charge in [-0.1, -0.05) is 18.2 Å². The fourth-order valence-electron chi connectivity index (χ4n) is 3.12. The number of hydrogen-bond donors (Lipinski definition) is 1. The van der Waals surface area contributed by atoms with Gasteiger partial charge in [0.15, 0.2) is 0 Å². The van der Waals surface area contributed by atoms with Crippen molar-refractivity contribution in [3.8, 4) is 0 Å². The molecule has 0 bridgehead atoms. The molecule has 1 fully saturated rings. The van der Waals surface area contributed by atoms with Crippen LogP contribution in [0.1, 0.15) is 33.3 Å². The smallest absolute Gasteiger partial charge is 0.0476 e. The molecule has 17 heavy (non-hydrogen) atoms. The van der Waals surface area contributed by atoms with Crippen LogP contribution in [0.5, 0.6) is 0 Å². The largest absolute Gasteiger partial charge is 0.359 e. The van der Waals surface area contributed by atoms with E-state index in [1.165, 1.54) is 11.3 Å². The molecule has 1 heterocycles. The molecule has 0 saturated carbocycles. The molecule has 0 aliphatic carbocycles. The van der Waals surface area contributed by atoms with E-state index in [4.69, 9.17) is 0 Å². The first-order chi connectivity index (χ1) is 7.84. The maximum atomic E-state index is 3.54. The second kappa shape index (κ2) is 4.02. The number of piperazine rings is 1. The van der Waals surface area contributed by atoms with Crippen molar-refractivity contribution >= 4 is 5.69 Å². The van der Waals surface area contributed by atoms with Gasteiger partial charge in [0, 0.05) is 29.9 Å². The van der Waals surface area contributed by atoms with E-state index in [1.54, 1.807) is 0 Å². The van der Waals surface area contributed by atoms with Crippen molar-refractivity contribution in [1.82, 2.24) is 5.32 Å². The molecule has 94 valence electrons. The fourth-order valence-corrected chi connectivity index (χ4v) is 3.12. The maximum absolute atomic E-state index is 3.54. The van der Waals surface area contributed by atoms with E-state index in [9.17, 15) is 0 Å². The van der Waals surface area contributed by atoms with Crippen LogP contribution in [0.3, 0.4) is 0 Å². The Kier molecular flexibility index (Phi) is 2.94. The molecule has 1 aromatic carbocycles. The van der Waals surface area contributed by atoms with Crippen LogP contribution in [-0.2, 0) is 0 Å². The van der Waals surface area contributed by atoms with E-state index in [0.717, 1.165) is 13.1 Å². The number of nitrogens with zero attached hydrogens (tertiary/aromatic N) is 1. The molecule has 0 spiro atoms. The highest BCUT2D eigenvalue weighted by molar-refractivity contribution is 5.57. The minimum Gasteiger partial charge on any atom is -0.359 e. The summed E-state index contributed by atoms with van der Waals surface area (Å²) in [5, 5.41) is 3.54. The Hall–Kier alpha value is -1.02. The van der Waals surface area contributed by atoms with Gasteiger partial charge < -0.3 is 10.2 Å². The molecule has 1 saturated heterocycles. The summed E-state index contributed by atoms with van der Waals surface area (Å²) in [4.78, 5) is 2.58. The fraction of sp³-hybridized carbons (Fsp3) is 0.600. The van der Waals surface area contributed by atoms with E-state index < -0.39 is 0 Å². The SMILES string of the molecule is Cc1ccccc1N1C(C)(C)CNCC1(C)C. The molecule has 0 atom stereocenters. The molecule has 2 rings (SSSR count). The molecule has 1 aliphatic rings. The summed E-state index contributed by atoms with van der Waals surface area (Å²) in [6.45, 7) is 13.5. The van der Waals surface area contributed by atoms with Crippen molar-refractivity contribution < 1.29 is 0 Å². The summed E-state index contributed by atoms with van der Waals surface area (Å²) in [5.41, 5.74) is 3.02. The Labute approximate surface area is 105 Å². The zero-order valence-electron chi connectivity index (χ0n) is 11.7. The molecule has 0 aromatic heterocycles. The average Bonchev–Trinajstić information content (AvgIpc) is 2.18. The molecule has 0 amide bonds. The van der Waals surface area contributed by atoms with Gasteiger partial charge in [0.25, 0.3) is 0 Å². The molecule has 0 unspecified atom stereocenters. The van der Waals surface area contributed by atoms with Gasteiger partial charge in [0.2, 0.25) is 0 Å². The topological polar surface area (TPSA) is 15.3 Å². The zero-order chi connectivity index (χ0) is 12.7. The Morgan fingerprint density at radius 2 is 1.53 bits per heavy atom. The van der Waals surface area contributed by atoms with Crippen molar-refractivity contribution in [3.63, 3.8) is 0 Å². The summed E-state index contributed by atoms with van der Waals surface area (Å²) >= 11 is 0. The van der Waals surface area contributed by atoms with E-state index in [2.05, 4.69) is 69.1 Å². The quantitative estimate of drug-likeness (QED) is 0.801. The lowest BCUT2D eigenvalue weighted by Crippen LogP contribution is -2.68. The Bertz CT molecular complexity index is 391. The van der Waals surface area contributed by atoms with Crippen molar-refractivity contribution in [1.29, 1.82) is 0 Å². The van der Waals surface area contributed by atoms with Crippen LogP contribution < -0.4 is 10.2 Å². The molecule has 1 aromatic rings. The van der Waals surface area contributed by atoms with Crippen LogP contribution in [0.4, 0.5) is 5.69 Å². The molecule has 2 nitrogen and oxygen atoms in total. The summed E-state index contributed by atoms with van der Waals surface area (Å²) < 4.78 is 0. The van der Waals surface area contributed by atoms with Crippen LogP contribution in [0.15, 0.2) is 24.3 Å². The number of rotatable bonds is 1. The third-order valence-corrected chi connectivity index (χ3v) is 3.68. The minimum atomic E-state index is 0.147. The zero-order valence-corrected chi connectivity index (χ0v) is 11.7. The number of para-hydroxylation sites is 1. The Balaban J connectivity index is 2.49. The summed E-state index contributed by atoms with van der Waals surface area (Å²) in [6.07, 6.45) is 0. The van der Waals surface area contributed by atoms with Gasteiger partial charge >= 0.3 is 0 Å². The molecular formula is C15H24N2. The monoisotopic (exact) mass is 232 g/mol. The first-order valence-corrected chi connectivity index (χ1v) is 6.41. The number of aryl methyl sites for hydroxylation is 1. The maximum Gasteiger partial charge on any atom is 0.0476 e. The first kappa shape index (κ1) is 12.4. The van der Waals surface area contributed by atoms with E-state index in [1.807, 2.05) is 0 Å². The van der Waals surface area contributed by atoms with Gasteiger partial charge in [0.1, 0.15) is 0 Å². The minimum absolute atomic E-state index is 0.147. The molecule has 1 N–H and O–H groups in total. The standard InChI is InChI=1S/C15H24N2/c1-12-8-6-7-9-13(12)17-14(2,3)10-16-11-15(17,4)5/h6-9,16H,10-11H2,1-5H3. The van der Waals surface area contributed by atoms with Gasteiger partial charge in [0.05, 0.1) is 0 Å². The van der Waals surface area contributed by atoms with Crippen molar-refractivity contribution in [2.24, 2.45) is 0 Å². The molecule has 2 heteroatoms. The lowest BCUT2D eigenvalue weighted by Gasteiger charge is -2.55. The van der Waals surface area contributed by atoms with Gasteiger partial charge in [-0.05, 0) is 46.2 Å². The second-order valence-corrected chi connectivity index (χ2v) is 6.35. The van der Waals surface area contributed by atoms with Gasteiger partial charge in [-0.2, -0.15) is 0 Å². The van der Waals surface area contributed by atoms with Crippen molar-refractivity contribution in [3.05, 3.63) is 29.8 Å². The summed E-state index contributed by atoms with van der Waals surface area (Å²) in [7, 11) is 0. The van der Waals surface area contributed by atoms with Crippen LogP contribution in [0.25, 0.3) is 0 Å². The predicted octanol–water partition coefficient (Wildman–Crippen LogP) is 2.96. The van der Waals surface area contributed by atoms with Crippen LogP contribution in [0, 0.1) is 6.92 Å². The molecular weight excluding hydrogens is 208 g/mol. The van der Waals surface area contributed by atoms with Crippen LogP contribution in [-0.4, -0.2) is 24.2 Å². The Morgan fingerprint density at radius 1 is 1.00 bits per heavy atom. The number of nitrogens with one attached hydrogen (secondary N) is 1. The predicted molar refractivity (Wildman–Crippen MR) is 74.7 cm³/mol. The summed E-state index contributed by atoms with van der Waals surface area (Å²) in [6, 6.07) is 8.69. The first-order valence-electron chi connectivity index (χ1n) is 6.41. The molecule has 0 radical (unpaired) electrons. The van der Waals surface area contributed by atoms with E-state index in [-0.39, 0.29) is 11.1 Å². The number of hydrogen-bond acceptors (Lipinski definition) is 2. The highest BCUT2D eigenvalue weighted by Gasteiger charge is 2.41. The van der Waals surface area contributed by atoms with Gasteiger partial charge in [-0.15, -0.1) is 0 Å². The molecule has 1 aliphatic heterocycles. The van der Waals surface area contributed by atoms with Crippen molar-refractivity contribution in [2.45, 2.75) is 45.7 Å². The third kappa shape index (κ3) is 2.19. The van der Waals surface area contributed by atoms with Gasteiger partial charge in [-0.3, -0.25) is 0 Å². The second-order valence-electron chi connectivity index (χ2n) is 6.35. The lowest BCUT2D eigenvalue weighted by atomic mass is 9.87. The lowest BCUT2D eigenvalue weighted by molar-refractivity contribution is 0.263. The normalized spacial score (nSPS) is 22.5. The third-order valence-electron chi connectivity index (χ3n) is 3.68. The number of anilines is 1. The van der Waals surface area contributed by atoms with E-state index in [0.29, 0.717) is 0 Å². The van der Waals surface area contributed by atoms with Crippen LogP contribution in [0.2, 0.25) is 0 Å². The highest BCUT2D eigenvalue weighted by Crippen LogP contribution is 2.35. The highest BCUT2D eigenvalue weighted by atomic mass is 15.3.